The fourth-order valence-electron chi connectivity index (χ4n) is 2.61. The van der Waals surface area contributed by atoms with Gasteiger partial charge in [-0.15, -0.1) is 0 Å². The van der Waals surface area contributed by atoms with Crippen LogP contribution < -0.4 is 14.8 Å². The van der Waals surface area contributed by atoms with Crippen LogP contribution in [0.2, 0.25) is 0 Å². The molecule has 1 N–H and O–H groups in total. The molecule has 2 atom stereocenters. The molecular weight excluding hydrogens is 214 g/mol. The van der Waals surface area contributed by atoms with Crippen molar-refractivity contribution in [2.24, 2.45) is 5.92 Å². The fourth-order valence-corrected chi connectivity index (χ4v) is 2.61. The van der Waals surface area contributed by atoms with E-state index in [0.717, 1.165) is 29.5 Å². The molecule has 1 aromatic carbocycles. The van der Waals surface area contributed by atoms with Gasteiger partial charge in [-0.1, -0.05) is 13.0 Å². The quantitative estimate of drug-likeness (QED) is 0.873. The molecule has 1 saturated heterocycles. The summed E-state index contributed by atoms with van der Waals surface area (Å²) in [5, 5.41) is 3.54. The van der Waals surface area contributed by atoms with Crippen molar-refractivity contribution < 1.29 is 9.47 Å². The normalized spacial score (nSPS) is 23.8. The number of ether oxygens (including phenoxy) is 2. The van der Waals surface area contributed by atoms with Crippen molar-refractivity contribution in [1.82, 2.24) is 5.32 Å². The largest absolute Gasteiger partial charge is 0.496 e. The number of rotatable bonds is 3. The zero-order chi connectivity index (χ0) is 12.4. The number of hydrogen-bond acceptors (Lipinski definition) is 3. The van der Waals surface area contributed by atoms with Gasteiger partial charge in [-0.3, -0.25) is 0 Å². The lowest BCUT2D eigenvalue weighted by atomic mass is 9.98. The summed E-state index contributed by atoms with van der Waals surface area (Å²) in [7, 11) is 3.42. The van der Waals surface area contributed by atoms with Crippen LogP contribution in [0.4, 0.5) is 0 Å². The minimum Gasteiger partial charge on any atom is -0.496 e. The van der Waals surface area contributed by atoms with Crippen molar-refractivity contribution in [3.63, 3.8) is 0 Å². The van der Waals surface area contributed by atoms with Gasteiger partial charge in [0.2, 0.25) is 0 Å². The number of benzene rings is 1. The molecular formula is C14H21NO2. The van der Waals surface area contributed by atoms with Crippen molar-refractivity contribution in [2.45, 2.75) is 26.3 Å². The van der Waals surface area contributed by atoms with Crippen LogP contribution >= 0.6 is 0 Å². The zero-order valence-corrected chi connectivity index (χ0v) is 11.0. The molecule has 1 aromatic rings. The summed E-state index contributed by atoms with van der Waals surface area (Å²) in [4.78, 5) is 0. The maximum absolute atomic E-state index is 5.55. The molecule has 0 bridgehead atoms. The Bertz CT molecular complexity index is 403. The molecule has 3 nitrogen and oxygen atoms in total. The van der Waals surface area contributed by atoms with Crippen LogP contribution in [0.25, 0.3) is 0 Å². The number of hydrogen-bond donors (Lipinski definition) is 1. The van der Waals surface area contributed by atoms with Crippen LogP contribution in [0.3, 0.4) is 0 Å². The van der Waals surface area contributed by atoms with Gasteiger partial charge >= 0.3 is 0 Å². The Morgan fingerprint density at radius 3 is 2.53 bits per heavy atom. The van der Waals surface area contributed by atoms with Gasteiger partial charge in [0.05, 0.1) is 14.2 Å². The highest BCUT2D eigenvalue weighted by molar-refractivity contribution is 5.50. The third-order valence-corrected chi connectivity index (χ3v) is 3.54. The first kappa shape index (κ1) is 12.2. The zero-order valence-electron chi connectivity index (χ0n) is 11.0. The molecule has 1 heterocycles. The van der Waals surface area contributed by atoms with E-state index in [-0.39, 0.29) is 0 Å². The highest BCUT2D eigenvalue weighted by Gasteiger charge is 2.25. The number of nitrogens with one attached hydrogen (secondary N) is 1. The van der Waals surface area contributed by atoms with Crippen LogP contribution in [0.1, 0.15) is 30.5 Å². The molecule has 0 aromatic heterocycles. The van der Waals surface area contributed by atoms with Gasteiger partial charge in [-0.05, 0) is 31.9 Å². The van der Waals surface area contributed by atoms with Crippen molar-refractivity contribution in [1.29, 1.82) is 0 Å². The number of methoxy groups -OCH3 is 2. The fraction of sp³-hybridized carbons (Fsp3) is 0.571. The van der Waals surface area contributed by atoms with Gasteiger partial charge in [0, 0.05) is 17.2 Å². The second-order valence-corrected chi connectivity index (χ2v) is 4.82. The SMILES string of the molecule is COc1ccc(C2CC(C)CN2)c(OC)c1C. The molecule has 3 heteroatoms. The average molecular weight is 235 g/mol. The molecule has 0 amide bonds. The summed E-state index contributed by atoms with van der Waals surface area (Å²) in [6, 6.07) is 4.54. The molecule has 0 spiro atoms. The van der Waals surface area contributed by atoms with Crippen LogP contribution in [-0.4, -0.2) is 20.8 Å². The Labute approximate surface area is 103 Å². The van der Waals surface area contributed by atoms with Gasteiger partial charge < -0.3 is 14.8 Å². The van der Waals surface area contributed by atoms with E-state index in [4.69, 9.17) is 9.47 Å². The van der Waals surface area contributed by atoms with E-state index >= 15 is 0 Å². The van der Waals surface area contributed by atoms with Gasteiger partial charge in [0.25, 0.3) is 0 Å². The van der Waals surface area contributed by atoms with Gasteiger partial charge in [0.1, 0.15) is 11.5 Å². The van der Waals surface area contributed by atoms with Crippen molar-refractivity contribution in [3.05, 3.63) is 23.3 Å². The Balaban J connectivity index is 2.37. The van der Waals surface area contributed by atoms with Crippen LogP contribution in [0, 0.1) is 12.8 Å². The van der Waals surface area contributed by atoms with E-state index < -0.39 is 0 Å². The first-order chi connectivity index (χ1) is 8.17. The van der Waals surface area contributed by atoms with Crippen molar-refractivity contribution >= 4 is 0 Å². The maximum Gasteiger partial charge on any atom is 0.130 e. The van der Waals surface area contributed by atoms with E-state index in [9.17, 15) is 0 Å². The monoisotopic (exact) mass is 235 g/mol. The predicted molar refractivity (Wildman–Crippen MR) is 68.8 cm³/mol. The van der Waals surface area contributed by atoms with Crippen molar-refractivity contribution in [3.8, 4) is 11.5 Å². The predicted octanol–water partition coefficient (Wildman–Crippen LogP) is 2.68. The van der Waals surface area contributed by atoms with E-state index in [1.165, 1.54) is 12.0 Å². The topological polar surface area (TPSA) is 30.5 Å². The Hall–Kier alpha value is -1.22. The molecule has 0 saturated carbocycles. The first-order valence-electron chi connectivity index (χ1n) is 6.12. The molecule has 94 valence electrons. The second-order valence-electron chi connectivity index (χ2n) is 4.82. The lowest BCUT2D eigenvalue weighted by molar-refractivity contribution is 0.381. The van der Waals surface area contributed by atoms with E-state index in [2.05, 4.69) is 18.3 Å². The summed E-state index contributed by atoms with van der Waals surface area (Å²) < 4.78 is 10.9. The van der Waals surface area contributed by atoms with Crippen molar-refractivity contribution in [2.75, 3.05) is 20.8 Å². The maximum atomic E-state index is 5.55. The lowest BCUT2D eigenvalue weighted by Gasteiger charge is -2.18. The molecule has 1 aliphatic rings. The summed E-state index contributed by atoms with van der Waals surface area (Å²) >= 11 is 0. The summed E-state index contributed by atoms with van der Waals surface area (Å²) in [6.07, 6.45) is 1.17. The Morgan fingerprint density at radius 1 is 1.24 bits per heavy atom. The Morgan fingerprint density at radius 2 is 2.00 bits per heavy atom. The summed E-state index contributed by atoms with van der Waals surface area (Å²) in [6.45, 7) is 5.40. The molecule has 2 unspecified atom stereocenters. The molecule has 1 aliphatic heterocycles. The summed E-state index contributed by atoms with van der Waals surface area (Å²) in [5.41, 5.74) is 2.32. The van der Waals surface area contributed by atoms with Gasteiger partial charge in [0.15, 0.2) is 0 Å². The van der Waals surface area contributed by atoms with Gasteiger partial charge in [-0.2, -0.15) is 0 Å². The van der Waals surface area contributed by atoms with Crippen LogP contribution in [-0.2, 0) is 0 Å². The standard InChI is InChI=1S/C14H21NO2/c1-9-7-12(15-8-9)11-5-6-13(16-3)10(2)14(11)17-4/h5-6,9,12,15H,7-8H2,1-4H3. The Kier molecular flexibility index (Phi) is 3.57. The highest BCUT2D eigenvalue weighted by atomic mass is 16.5. The van der Waals surface area contributed by atoms with E-state index in [1.807, 2.05) is 13.0 Å². The minimum absolute atomic E-state index is 0.407. The molecule has 17 heavy (non-hydrogen) atoms. The van der Waals surface area contributed by atoms with Crippen LogP contribution in [0.15, 0.2) is 12.1 Å². The van der Waals surface area contributed by atoms with E-state index in [0.29, 0.717) is 6.04 Å². The smallest absolute Gasteiger partial charge is 0.130 e. The minimum atomic E-state index is 0.407. The third kappa shape index (κ3) is 2.25. The molecule has 0 radical (unpaired) electrons. The second kappa shape index (κ2) is 4.96. The average Bonchev–Trinajstić information content (AvgIpc) is 2.75. The first-order valence-corrected chi connectivity index (χ1v) is 6.12. The molecule has 2 rings (SSSR count). The highest BCUT2D eigenvalue weighted by Crippen LogP contribution is 2.38. The third-order valence-electron chi connectivity index (χ3n) is 3.54. The summed E-state index contributed by atoms with van der Waals surface area (Å²) in [5.74, 6) is 2.57. The molecule has 1 fully saturated rings. The lowest BCUT2D eigenvalue weighted by Crippen LogP contribution is -2.14. The van der Waals surface area contributed by atoms with Gasteiger partial charge in [-0.25, -0.2) is 0 Å². The molecule has 0 aliphatic carbocycles. The van der Waals surface area contributed by atoms with E-state index in [1.54, 1.807) is 14.2 Å². The van der Waals surface area contributed by atoms with Crippen LogP contribution in [0.5, 0.6) is 11.5 Å².